The summed E-state index contributed by atoms with van der Waals surface area (Å²) in [4.78, 5) is 23.5. The molecule has 0 aliphatic carbocycles. The molecule has 3 aromatic heterocycles. The van der Waals surface area contributed by atoms with Crippen molar-refractivity contribution in [2.75, 3.05) is 26.3 Å². The van der Waals surface area contributed by atoms with Gasteiger partial charge in [-0.3, -0.25) is 4.40 Å². The molecule has 5 heterocycles. The molecule has 0 spiro atoms. The molecule has 0 bridgehead atoms. The van der Waals surface area contributed by atoms with Crippen molar-refractivity contribution in [2.24, 2.45) is 0 Å². The number of fused-ring (bicyclic) bond motifs is 2. The summed E-state index contributed by atoms with van der Waals surface area (Å²) in [6.45, 7) is 1.83. The molecule has 2 fully saturated rings. The van der Waals surface area contributed by atoms with E-state index in [9.17, 15) is 4.79 Å². The summed E-state index contributed by atoms with van der Waals surface area (Å²) in [7, 11) is 0. The Labute approximate surface area is 254 Å². The van der Waals surface area contributed by atoms with Crippen LogP contribution in [-0.2, 0) is 16.1 Å². The predicted molar refractivity (Wildman–Crippen MR) is 163 cm³/mol. The number of ether oxygens (including phenoxy) is 4. The van der Waals surface area contributed by atoms with Gasteiger partial charge in [-0.15, -0.1) is 0 Å². The molecule has 9 nitrogen and oxygen atoms in total. The summed E-state index contributed by atoms with van der Waals surface area (Å²) >= 11 is 0. The average molecular weight is 597 g/mol. The minimum atomic E-state index is -1.37. The number of imidazole rings is 1. The van der Waals surface area contributed by atoms with Gasteiger partial charge in [0, 0.05) is 43.5 Å². The van der Waals surface area contributed by atoms with Crippen molar-refractivity contribution in [3.8, 4) is 22.9 Å². The molecule has 5 aromatic rings. The van der Waals surface area contributed by atoms with Crippen molar-refractivity contribution in [1.82, 2.24) is 19.3 Å². The first kappa shape index (κ1) is 28.1. The number of likely N-dealkylation sites (tertiary alicyclic amines) is 1. The predicted octanol–water partition coefficient (Wildman–Crippen LogP) is 6.24. The SMILES string of the molecule is O=C(OCc1ccccc1)N1CC[C@@H](Oc2cccc3ccc(-c4cnc5cc(OC6CCOCC6)ccn45)nc23)[C@H](F)C1. The van der Waals surface area contributed by atoms with Gasteiger partial charge >= 0.3 is 6.09 Å². The van der Waals surface area contributed by atoms with E-state index in [0.29, 0.717) is 29.9 Å². The molecule has 0 saturated carbocycles. The number of carbonyl (C=O) groups is 1. The molecule has 0 unspecified atom stereocenters. The highest BCUT2D eigenvalue weighted by molar-refractivity contribution is 5.86. The van der Waals surface area contributed by atoms with Crippen molar-refractivity contribution < 1.29 is 28.1 Å². The lowest BCUT2D eigenvalue weighted by molar-refractivity contribution is 0.0153. The smallest absolute Gasteiger partial charge is 0.410 e. The maximum absolute atomic E-state index is 15.3. The summed E-state index contributed by atoms with van der Waals surface area (Å²) in [5.74, 6) is 1.28. The third-order valence-electron chi connectivity index (χ3n) is 8.12. The van der Waals surface area contributed by atoms with Crippen molar-refractivity contribution in [3.05, 3.63) is 90.8 Å². The fourth-order valence-corrected chi connectivity index (χ4v) is 5.72. The van der Waals surface area contributed by atoms with Gasteiger partial charge in [-0.05, 0) is 23.8 Å². The van der Waals surface area contributed by atoms with Crippen LogP contribution in [0.4, 0.5) is 9.18 Å². The van der Waals surface area contributed by atoms with E-state index in [2.05, 4.69) is 4.98 Å². The van der Waals surface area contributed by atoms with E-state index in [4.69, 9.17) is 23.9 Å². The molecule has 2 aliphatic heterocycles. The highest BCUT2D eigenvalue weighted by Gasteiger charge is 2.34. The zero-order chi connectivity index (χ0) is 29.9. The average Bonchev–Trinajstić information content (AvgIpc) is 3.49. The number of amides is 1. The molecule has 1 amide bonds. The molecule has 2 aromatic carbocycles. The molecule has 0 N–H and O–H groups in total. The third kappa shape index (κ3) is 6.03. The van der Waals surface area contributed by atoms with Crippen molar-refractivity contribution in [1.29, 1.82) is 0 Å². The molecular weight excluding hydrogens is 563 g/mol. The van der Waals surface area contributed by atoms with E-state index in [1.54, 1.807) is 12.3 Å². The molecule has 10 heteroatoms. The summed E-state index contributed by atoms with van der Waals surface area (Å²) in [6, 6.07) is 22.8. The lowest BCUT2D eigenvalue weighted by atomic mass is 10.1. The second-order valence-electron chi connectivity index (χ2n) is 11.1. The van der Waals surface area contributed by atoms with E-state index >= 15 is 4.39 Å². The second-order valence-corrected chi connectivity index (χ2v) is 11.1. The van der Waals surface area contributed by atoms with Crippen LogP contribution in [0.1, 0.15) is 24.8 Å². The van der Waals surface area contributed by atoms with E-state index in [1.165, 1.54) is 4.90 Å². The van der Waals surface area contributed by atoms with Crippen LogP contribution in [0.2, 0.25) is 0 Å². The number of carbonyl (C=O) groups excluding carboxylic acids is 1. The van der Waals surface area contributed by atoms with Crippen molar-refractivity contribution in [3.63, 3.8) is 0 Å². The number of pyridine rings is 2. The number of aromatic nitrogens is 3. The van der Waals surface area contributed by atoms with Crippen molar-refractivity contribution in [2.45, 2.75) is 44.2 Å². The lowest BCUT2D eigenvalue weighted by Gasteiger charge is -2.34. The van der Waals surface area contributed by atoms with E-state index in [-0.39, 0.29) is 19.3 Å². The molecule has 0 radical (unpaired) electrons. The number of piperidine rings is 1. The fourth-order valence-electron chi connectivity index (χ4n) is 5.72. The zero-order valence-corrected chi connectivity index (χ0v) is 24.2. The third-order valence-corrected chi connectivity index (χ3v) is 8.12. The van der Waals surface area contributed by atoms with Crippen LogP contribution in [0, 0.1) is 0 Å². The number of alkyl halides is 1. The van der Waals surface area contributed by atoms with E-state index in [1.807, 2.05) is 77.3 Å². The Morgan fingerprint density at radius 2 is 1.84 bits per heavy atom. The minimum Gasteiger partial charge on any atom is -0.490 e. The minimum absolute atomic E-state index is 0.0935. The number of benzene rings is 2. The van der Waals surface area contributed by atoms with Crippen LogP contribution in [0.3, 0.4) is 0 Å². The van der Waals surface area contributed by atoms with E-state index in [0.717, 1.165) is 54.1 Å². The van der Waals surface area contributed by atoms with Gasteiger partial charge in [-0.25, -0.2) is 19.2 Å². The van der Waals surface area contributed by atoms with Crippen LogP contribution >= 0.6 is 0 Å². The van der Waals surface area contributed by atoms with Crippen LogP contribution in [0.25, 0.3) is 27.9 Å². The monoisotopic (exact) mass is 596 g/mol. The summed E-state index contributed by atoms with van der Waals surface area (Å²) in [5, 5.41) is 0.879. The number of halogens is 1. The summed E-state index contributed by atoms with van der Waals surface area (Å²) in [5.41, 5.74) is 3.81. The maximum Gasteiger partial charge on any atom is 0.410 e. The molecule has 226 valence electrons. The van der Waals surface area contributed by atoms with Gasteiger partial charge in [-0.2, -0.15) is 0 Å². The quantitative estimate of drug-likeness (QED) is 0.220. The number of nitrogens with zero attached hydrogens (tertiary/aromatic N) is 4. The Bertz CT molecular complexity index is 1760. The Morgan fingerprint density at radius 1 is 0.977 bits per heavy atom. The first-order valence-corrected chi connectivity index (χ1v) is 15.0. The Balaban J connectivity index is 1.05. The van der Waals surface area contributed by atoms with Crippen LogP contribution in [0.5, 0.6) is 11.5 Å². The lowest BCUT2D eigenvalue weighted by Crippen LogP contribution is -2.49. The van der Waals surface area contributed by atoms with Gasteiger partial charge < -0.3 is 23.8 Å². The normalized spacial score (nSPS) is 19.2. The van der Waals surface area contributed by atoms with Gasteiger partial charge in [0.1, 0.15) is 41.5 Å². The Morgan fingerprint density at radius 3 is 2.68 bits per heavy atom. The molecule has 2 aliphatic rings. The van der Waals surface area contributed by atoms with Gasteiger partial charge in [0.15, 0.2) is 6.17 Å². The second kappa shape index (κ2) is 12.5. The van der Waals surface area contributed by atoms with E-state index < -0.39 is 18.4 Å². The number of hydrogen-bond acceptors (Lipinski definition) is 7. The zero-order valence-electron chi connectivity index (χ0n) is 24.2. The molecule has 2 saturated heterocycles. The standard InChI is InChI=1S/C34H33FN4O5/c35-27-21-38(34(40)42-22-23-5-2-1-3-6-23)15-12-30(27)44-31-8-4-7-24-9-10-28(37-33(24)31)29-20-36-32-19-26(11-16-39(29)32)43-25-13-17-41-18-14-25/h1-11,16,19-20,25,27,30H,12-15,17-18,21-22H2/t27-,30-/m1/s1. The van der Waals surface area contributed by atoms with Gasteiger partial charge in [0.2, 0.25) is 0 Å². The van der Waals surface area contributed by atoms with Crippen molar-refractivity contribution >= 4 is 22.6 Å². The highest BCUT2D eigenvalue weighted by Crippen LogP contribution is 2.31. The summed E-state index contributed by atoms with van der Waals surface area (Å²) < 4.78 is 40.5. The summed E-state index contributed by atoms with van der Waals surface area (Å²) in [6.07, 6.45) is 3.34. The van der Waals surface area contributed by atoms with Gasteiger partial charge in [-0.1, -0.05) is 48.5 Å². The number of hydrogen-bond donors (Lipinski definition) is 0. The Kier molecular flexibility index (Phi) is 7.98. The van der Waals surface area contributed by atoms with Crippen LogP contribution < -0.4 is 9.47 Å². The molecule has 7 rings (SSSR count). The first-order chi connectivity index (χ1) is 21.6. The molecule has 44 heavy (non-hydrogen) atoms. The first-order valence-electron chi connectivity index (χ1n) is 15.0. The van der Waals surface area contributed by atoms with Gasteiger partial charge in [0.25, 0.3) is 0 Å². The maximum atomic E-state index is 15.3. The topological polar surface area (TPSA) is 87.4 Å². The van der Waals surface area contributed by atoms with Crippen LogP contribution in [0.15, 0.2) is 85.2 Å². The number of rotatable bonds is 7. The largest absolute Gasteiger partial charge is 0.490 e. The highest BCUT2D eigenvalue weighted by atomic mass is 19.1. The molecule has 2 atom stereocenters. The Hall–Kier alpha value is -4.70. The number of para-hydroxylation sites is 1. The fraction of sp³-hybridized carbons (Fsp3) is 0.324. The van der Waals surface area contributed by atoms with Gasteiger partial charge in [0.05, 0.1) is 37.3 Å². The molecular formula is C34H33FN4O5. The van der Waals surface area contributed by atoms with Crippen LogP contribution in [-0.4, -0.2) is 70.0 Å².